The van der Waals surface area contributed by atoms with E-state index < -0.39 is 37.7 Å². The summed E-state index contributed by atoms with van der Waals surface area (Å²) < 4.78 is 17.0. The van der Waals surface area contributed by atoms with Crippen molar-refractivity contribution in [2.75, 3.05) is 13.2 Å². The summed E-state index contributed by atoms with van der Waals surface area (Å²) in [4.78, 5) is 25.2. The smallest absolute Gasteiger partial charge is 0.348 e. The Balaban J connectivity index is 2.22. The van der Waals surface area contributed by atoms with Crippen LogP contribution in [0.15, 0.2) is 18.2 Å². The van der Waals surface area contributed by atoms with Crippen LogP contribution in [0.25, 0.3) is 0 Å². The summed E-state index contributed by atoms with van der Waals surface area (Å²) in [6, 6.07) is 5.08. The Morgan fingerprint density at radius 2 is 1.90 bits per heavy atom. The lowest BCUT2D eigenvalue weighted by Gasteiger charge is -2.36. The molecule has 1 aliphatic rings. The van der Waals surface area contributed by atoms with Gasteiger partial charge in [-0.1, -0.05) is 63.9 Å². The molecule has 1 aliphatic heterocycles. The molecule has 1 aromatic carbocycles. The molecule has 5 nitrogen and oxygen atoms in total. The molecule has 0 aliphatic carbocycles. The third-order valence-electron chi connectivity index (χ3n) is 6.05. The molecule has 168 valence electrons. The highest BCUT2D eigenvalue weighted by atomic mass is 35.5. The Hall–Kier alpha value is -1.08. The fourth-order valence-electron chi connectivity index (χ4n) is 2.93. The van der Waals surface area contributed by atoms with Gasteiger partial charge in [-0.05, 0) is 42.2 Å². The van der Waals surface area contributed by atoms with Gasteiger partial charge in [0.2, 0.25) is 6.10 Å². The molecule has 0 saturated carbocycles. The van der Waals surface area contributed by atoms with Crippen molar-refractivity contribution in [1.82, 2.24) is 0 Å². The van der Waals surface area contributed by atoms with Gasteiger partial charge in [-0.25, -0.2) is 4.79 Å². The zero-order valence-corrected chi connectivity index (χ0v) is 21.3. The predicted octanol–water partition coefficient (Wildman–Crippen LogP) is 5.98. The fraction of sp³-hybridized carbons (Fsp3) is 0.636. The molecular formula is C22H32Cl2O5Si. The molecule has 0 spiro atoms. The average Bonchev–Trinajstić information content (AvgIpc) is 2.87. The molecule has 1 heterocycles. The van der Waals surface area contributed by atoms with Crippen LogP contribution in [0.1, 0.15) is 52.5 Å². The van der Waals surface area contributed by atoms with Crippen LogP contribution in [0, 0.1) is 5.41 Å². The van der Waals surface area contributed by atoms with Crippen LogP contribution >= 0.6 is 23.2 Å². The number of carbonyl (C=O) groups is 2. The summed E-state index contributed by atoms with van der Waals surface area (Å²) in [7, 11) is -1.97. The summed E-state index contributed by atoms with van der Waals surface area (Å²) >= 11 is 12.2. The van der Waals surface area contributed by atoms with Gasteiger partial charge in [0.25, 0.3) is 0 Å². The molecule has 0 bridgehead atoms. The van der Waals surface area contributed by atoms with E-state index in [1.54, 1.807) is 18.2 Å². The van der Waals surface area contributed by atoms with E-state index in [1.807, 2.05) is 13.8 Å². The lowest BCUT2D eigenvalue weighted by Crippen LogP contribution is -2.41. The quantitative estimate of drug-likeness (QED) is 0.358. The number of benzene rings is 1. The van der Waals surface area contributed by atoms with Crippen LogP contribution in [0.4, 0.5) is 0 Å². The third-order valence-corrected chi connectivity index (χ3v) is 11.3. The van der Waals surface area contributed by atoms with Crippen LogP contribution < -0.4 is 0 Å². The first kappa shape index (κ1) is 25.2. The second-order valence-corrected chi connectivity index (χ2v) is 15.7. The van der Waals surface area contributed by atoms with E-state index >= 15 is 0 Å². The van der Waals surface area contributed by atoms with Crippen molar-refractivity contribution in [2.45, 2.75) is 71.2 Å². The predicted molar refractivity (Wildman–Crippen MR) is 122 cm³/mol. The normalized spacial score (nSPS) is 20.0. The lowest BCUT2D eigenvalue weighted by atomic mass is 9.89. The van der Waals surface area contributed by atoms with Crippen molar-refractivity contribution in [3.63, 3.8) is 0 Å². The summed E-state index contributed by atoms with van der Waals surface area (Å²) in [6.45, 7) is 15.1. The number of hydrogen-bond acceptors (Lipinski definition) is 5. The number of halogens is 2. The minimum Gasteiger partial charge on any atom is -0.462 e. The molecule has 0 amide bonds. The SMILES string of the molecule is CC1(C)COC(=O)C1OC(=O)[C@H](CCO[Si](C)(C)C(C)(C)C)c1ccc(Cl)c(Cl)c1. The molecule has 0 aromatic heterocycles. The molecule has 1 saturated heterocycles. The molecule has 2 rings (SSSR count). The highest BCUT2D eigenvalue weighted by molar-refractivity contribution is 6.74. The first-order chi connectivity index (χ1) is 13.7. The van der Waals surface area contributed by atoms with Crippen molar-refractivity contribution in [3.05, 3.63) is 33.8 Å². The second-order valence-electron chi connectivity index (χ2n) is 10.0. The van der Waals surface area contributed by atoms with Gasteiger partial charge >= 0.3 is 11.9 Å². The van der Waals surface area contributed by atoms with E-state index in [-0.39, 0.29) is 11.6 Å². The maximum atomic E-state index is 13.1. The van der Waals surface area contributed by atoms with Gasteiger partial charge in [-0.3, -0.25) is 4.79 Å². The van der Waals surface area contributed by atoms with E-state index in [2.05, 4.69) is 33.9 Å². The van der Waals surface area contributed by atoms with Gasteiger partial charge in [0.05, 0.1) is 16.0 Å². The number of cyclic esters (lactones) is 1. The molecule has 8 heteroatoms. The zero-order chi connectivity index (χ0) is 22.9. The molecule has 1 fully saturated rings. The molecular weight excluding hydrogens is 443 g/mol. The lowest BCUT2D eigenvalue weighted by molar-refractivity contribution is -0.164. The van der Waals surface area contributed by atoms with Crippen LogP contribution in [-0.4, -0.2) is 39.6 Å². The first-order valence-corrected chi connectivity index (χ1v) is 13.8. The largest absolute Gasteiger partial charge is 0.462 e. The van der Waals surface area contributed by atoms with E-state index in [0.29, 0.717) is 28.6 Å². The Bertz CT molecular complexity index is 801. The highest BCUT2D eigenvalue weighted by Crippen LogP contribution is 2.38. The van der Waals surface area contributed by atoms with E-state index in [9.17, 15) is 9.59 Å². The molecule has 0 radical (unpaired) electrons. The van der Waals surface area contributed by atoms with Crippen molar-refractivity contribution in [1.29, 1.82) is 0 Å². The standard InChI is InChI=1S/C22H32Cl2O5Si/c1-21(2,3)30(6,7)28-11-10-15(14-8-9-16(23)17(24)12-14)19(25)29-18-20(26)27-13-22(18,4)5/h8-9,12,15,18H,10-11,13H2,1-7H3/t15-,18?/m1/s1. The minimum absolute atomic E-state index is 0.0597. The van der Waals surface area contributed by atoms with E-state index in [4.69, 9.17) is 37.1 Å². The summed E-state index contributed by atoms with van der Waals surface area (Å²) in [5, 5.41) is 0.827. The van der Waals surface area contributed by atoms with Gasteiger partial charge in [0.15, 0.2) is 8.32 Å². The van der Waals surface area contributed by atoms with Crippen molar-refractivity contribution >= 4 is 43.5 Å². The number of ether oxygens (including phenoxy) is 2. The number of rotatable bonds is 7. The van der Waals surface area contributed by atoms with Crippen LogP contribution in [0.5, 0.6) is 0 Å². The minimum atomic E-state index is -1.97. The zero-order valence-electron chi connectivity index (χ0n) is 18.8. The molecule has 0 N–H and O–H groups in total. The number of carbonyl (C=O) groups excluding carboxylic acids is 2. The van der Waals surface area contributed by atoms with Crippen molar-refractivity contribution in [2.24, 2.45) is 5.41 Å². The van der Waals surface area contributed by atoms with Crippen LogP contribution in [0.3, 0.4) is 0 Å². The summed E-state index contributed by atoms with van der Waals surface area (Å²) in [5.41, 5.74) is 0.101. The topological polar surface area (TPSA) is 61.8 Å². The Morgan fingerprint density at radius 1 is 1.27 bits per heavy atom. The van der Waals surface area contributed by atoms with E-state index in [1.165, 1.54) is 0 Å². The highest BCUT2D eigenvalue weighted by Gasteiger charge is 2.47. The van der Waals surface area contributed by atoms with Gasteiger partial charge in [0.1, 0.15) is 6.61 Å². The van der Waals surface area contributed by atoms with Gasteiger partial charge < -0.3 is 13.9 Å². The molecule has 1 unspecified atom stereocenters. The summed E-state index contributed by atoms with van der Waals surface area (Å²) in [6.07, 6.45) is -0.525. The van der Waals surface area contributed by atoms with Crippen molar-refractivity contribution < 1.29 is 23.5 Å². The van der Waals surface area contributed by atoms with E-state index in [0.717, 1.165) is 0 Å². The second kappa shape index (κ2) is 9.19. The summed E-state index contributed by atoms with van der Waals surface area (Å²) in [5.74, 6) is -1.64. The fourth-order valence-corrected chi connectivity index (χ4v) is 4.30. The number of esters is 2. The van der Waals surface area contributed by atoms with Crippen LogP contribution in [0.2, 0.25) is 28.2 Å². The monoisotopic (exact) mass is 474 g/mol. The van der Waals surface area contributed by atoms with Crippen LogP contribution in [-0.2, 0) is 23.5 Å². The Morgan fingerprint density at radius 3 is 2.40 bits per heavy atom. The molecule has 30 heavy (non-hydrogen) atoms. The van der Waals surface area contributed by atoms with Crippen molar-refractivity contribution in [3.8, 4) is 0 Å². The molecule has 2 atom stereocenters. The first-order valence-electron chi connectivity index (χ1n) is 10.1. The Labute approximate surface area is 190 Å². The van der Waals surface area contributed by atoms with Gasteiger partial charge in [-0.15, -0.1) is 0 Å². The maximum Gasteiger partial charge on any atom is 0.348 e. The van der Waals surface area contributed by atoms with Gasteiger partial charge in [-0.2, -0.15) is 0 Å². The molecule has 1 aromatic rings. The maximum absolute atomic E-state index is 13.1. The number of hydrogen-bond donors (Lipinski definition) is 0. The average molecular weight is 475 g/mol. The Kier molecular flexibility index (Phi) is 7.71. The van der Waals surface area contributed by atoms with Gasteiger partial charge in [0, 0.05) is 12.0 Å². The third kappa shape index (κ3) is 5.78.